The molecule has 0 atom stereocenters. The minimum absolute atomic E-state index is 0.0356. The molecule has 4 nitrogen and oxygen atoms in total. The fraction of sp³-hybridized carbons (Fsp3) is 0.350. The van der Waals surface area contributed by atoms with E-state index in [0.717, 1.165) is 49.0 Å². The smallest absolute Gasteiger partial charge is 0.234 e. The third kappa shape index (κ3) is 5.00. The largest absolute Gasteiger partial charge is 0.367 e. The Kier molecular flexibility index (Phi) is 6.36. The SMILES string of the molecule is CCN1CCN(c2ccccc2NC(=O)CSc2ccccc2)CC1. The summed E-state index contributed by atoms with van der Waals surface area (Å²) in [5.41, 5.74) is 2.03. The minimum Gasteiger partial charge on any atom is -0.367 e. The van der Waals surface area contributed by atoms with Gasteiger partial charge in [0.25, 0.3) is 0 Å². The van der Waals surface area contributed by atoms with E-state index in [2.05, 4.69) is 28.1 Å². The van der Waals surface area contributed by atoms with E-state index in [1.54, 1.807) is 11.8 Å². The van der Waals surface area contributed by atoms with Crippen molar-refractivity contribution >= 4 is 29.0 Å². The summed E-state index contributed by atoms with van der Waals surface area (Å²) in [6, 6.07) is 18.1. The van der Waals surface area contributed by atoms with Crippen molar-refractivity contribution in [3.8, 4) is 0 Å². The van der Waals surface area contributed by atoms with Crippen LogP contribution in [0.25, 0.3) is 0 Å². The molecule has 0 bridgehead atoms. The maximum atomic E-state index is 12.4. The minimum atomic E-state index is 0.0356. The number of carbonyl (C=O) groups is 1. The second kappa shape index (κ2) is 8.92. The van der Waals surface area contributed by atoms with Crippen LogP contribution in [-0.4, -0.2) is 49.3 Å². The van der Waals surface area contributed by atoms with Crippen LogP contribution in [0.15, 0.2) is 59.5 Å². The first kappa shape index (κ1) is 17.8. The zero-order valence-corrected chi connectivity index (χ0v) is 15.5. The number of likely N-dealkylation sites (N-methyl/N-ethyl adjacent to an activating group) is 1. The third-order valence-corrected chi connectivity index (χ3v) is 5.46. The van der Waals surface area contributed by atoms with Crippen molar-refractivity contribution in [2.75, 3.05) is 48.7 Å². The number of thioether (sulfide) groups is 1. The second-order valence-electron chi connectivity index (χ2n) is 6.09. The summed E-state index contributed by atoms with van der Waals surface area (Å²) in [4.78, 5) is 18.3. The number of hydrogen-bond acceptors (Lipinski definition) is 4. The van der Waals surface area contributed by atoms with Crippen LogP contribution in [-0.2, 0) is 4.79 Å². The number of hydrogen-bond donors (Lipinski definition) is 1. The fourth-order valence-corrected chi connectivity index (χ4v) is 3.73. The lowest BCUT2D eigenvalue weighted by Crippen LogP contribution is -2.46. The maximum Gasteiger partial charge on any atom is 0.234 e. The van der Waals surface area contributed by atoms with Gasteiger partial charge in [0.2, 0.25) is 5.91 Å². The highest BCUT2D eigenvalue weighted by Gasteiger charge is 2.18. The van der Waals surface area contributed by atoms with Gasteiger partial charge in [-0.2, -0.15) is 0 Å². The van der Waals surface area contributed by atoms with Gasteiger partial charge in [0.15, 0.2) is 0 Å². The average molecular weight is 356 g/mol. The number of nitrogens with one attached hydrogen (secondary N) is 1. The molecular weight excluding hydrogens is 330 g/mol. The highest BCUT2D eigenvalue weighted by Crippen LogP contribution is 2.27. The van der Waals surface area contributed by atoms with E-state index < -0.39 is 0 Å². The summed E-state index contributed by atoms with van der Waals surface area (Å²) in [5.74, 6) is 0.454. The Morgan fingerprint density at radius 2 is 1.68 bits per heavy atom. The molecule has 132 valence electrons. The van der Waals surface area contributed by atoms with E-state index in [1.165, 1.54) is 0 Å². The molecule has 0 spiro atoms. The van der Waals surface area contributed by atoms with Crippen LogP contribution in [0.3, 0.4) is 0 Å². The van der Waals surface area contributed by atoms with Crippen molar-refractivity contribution in [1.82, 2.24) is 4.90 Å². The van der Waals surface area contributed by atoms with E-state index in [-0.39, 0.29) is 5.91 Å². The molecule has 1 fully saturated rings. The standard InChI is InChI=1S/C20H25N3OS/c1-2-22-12-14-23(15-13-22)19-11-7-6-10-18(19)21-20(24)16-25-17-8-4-3-5-9-17/h3-11H,2,12-16H2,1H3,(H,21,24). The molecule has 2 aromatic rings. The van der Waals surface area contributed by atoms with Gasteiger partial charge in [-0.25, -0.2) is 0 Å². The Balaban J connectivity index is 1.60. The molecule has 0 aromatic heterocycles. The summed E-state index contributed by atoms with van der Waals surface area (Å²) in [5, 5.41) is 3.09. The zero-order chi connectivity index (χ0) is 17.5. The summed E-state index contributed by atoms with van der Waals surface area (Å²) in [7, 11) is 0. The number of para-hydroxylation sites is 2. The average Bonchev–Trinajstić information content (AvgIpc) is 2.68. The van der Waals surface area contributed by atoms with E-state index in [1.807, 2.05) is 48.5 Å². The molecule has 1 aliphatic rings. The van der Waals surface area contributed by atoms with Gasteiger partial charge >= 0.3 is 0 Å². The first-order valence-electron chi connectivity index (χ1n) is 8.80. The molecule has 0 saturated carbocycles. The third-order valence-electron chi connectivity index (χ3n) is 4.45. The molecule has 5 heteroatoms. The lowest BCUT2D eigenvalue weighted by Gasteiger charge is -2.36. The highest BCUT2D eigenvalue weighted by atomic mass is 32.2. The van der Waals surface area contributed by atoms with Gasteiger partial charge in [-0.3, -0.25) is 4.79 Å². The van der Waals surface area contributed by atoms with Gasteiger partial charge in [0.1, 0.15) is 0 Å². The Morgan fingerprint density at radius 1 is 1.00 bits per heavy atom. The van der Waals surface area contributed by atoms with Crippen molar-refractivity contribution in [2.24, 2.45) is 0 Å². The lowest BCUT2D eigenvalue weighted by atomic mass is 10.2. The summed E-state index contributed by atoms with van der Waals surface area (Å²) in [6.07, 6.45) is 0. The van der Waals surface area contributed by atoms with Gasteiger partial charge in [-0.05, 0) is 30.8 Å². The maximum absolute atomic E-state index is 12.4. The Bertz CT molecular complexity index is 684. The summed E-state index contributed by atoms with van der Waals surface area (Å²) < 4.78 is 0. The molecule has 1 amide bonds. The van der Waals surface area contributed by atoms with Crippen molar-refractivity contribution in [3.63, 3.8) is 0 Å². The molecule has 3 rings (SSSR count). The lowest BCUT2D eigenvalue weighted by molar-refractivity contribution is -0.113. The molecule has 1 N–H and O–H groups in total. The van der Waals surface area contributed by atoms with Crippen LogP contribution in [0, 0.1) is 0 Å². The molecule has 0 radical (unpaired) electrons. The van der Waals surface area contributed by atoms with Crippen molar-refractivity contribution in [3.05, 3.63) is 54.6 Å². The van der Waals surface area contributed by atoms with Crippen LogP contribution in [0.4, 0.5) is 11.4 Å². The predicted octanol–water partition coefficient (Wildman–Crippen LogP) is 3.56. The molecule has 0 aliphatic carbocycles. The van der Waals surface area contributed by atoms with Gasteiger partial charge < -0.3 is 15.1 Å². The van der Waals surface area contributed by atoms with E-state index in [0.29, 0.717) is 5.75 Å². The van der Waals surface area contributed by atoms with Crippen LogP contribution in [0.5, 0.6) is 0 Å². The number of piperazine rings is 1. The van der Waals surface area contributed by atoms with Crippen molar-refractivity contribution < 1.29 is 4.79 Å². The number of amides is 1. The molecule has 1 saturated heterocycles. The van der Waals surface area contributed by atoms with Crippen LogP contribution >= 0.6 is 11.8 Å². The first-order chi connectivity index (χ1) is 12.3. The molecule has 25 heavy (non-hydrogen) atoms. The summed E-state index contributed by atoms with van der Waals surface area (Å²) >= 11 is 1.56. The Morgan fingerprint density at radius 3 is 2.40 bits per heavy atom. The zero-order valence-electron chi connectivity index (χ0n) is 14.6. The Labute approximate surface area is 154 Å². The highest BCUT2D eigenvalue weighted by molar-refractivity contribution is 8.00. The predicted molar refractivity (Wildman–Crippen MR) is 107 cm³/mol. The van der Waals surface area contributed by atoms with Gasteiger partial charge in [0, 0.05) is 31.1 Å². The van der Waals surface area contributed by atoms with E-state index >= 15 is 0 Å². The first-order valence-corrected chi connectivity index (χ1v) is 9.79. The van der Waals surface area contributed by atoms with E-state index in [9.17, 15) is 4.79 Å². The van der Waals surface area contributed by atoms with Crippen LogP contribution < -0.4 is 10.2 Å². The van der Waals surface area contributed by atoms with Crippen LogP contribution in [0.2, 0.25) is 0 Å². The second-order valence-corrected chi connectivity index (χ2v) is 7.14. The van der Waals surface area contributed by atoms with Gasteiger partial charge in [-0.15, -0.1) is 11.8 Å². The monoisotopic (exact) mass is 355 g/mol. The molecule has 1 heterocycles. The fourth-order valence-electron chi connectivity index (χ4n) is 3.01. The number of carbonyl (C=O) groups excluding carboxylic acids is 1. The van der Waals surface area contributed by atoms with E-state index in [4.69, 9.17) is 0 Å². The Hall–Kier alpha value is -1.98. The molecule has 0 unspecified atom stereocenters. The number of benzene rings is 2. The van der Waals surface area contributed by atoms with Gasteiger partial charge in [0.05, 0.1) is 17.1 Å². The van der Waals surface area contributed by atoms with Crippen molar-refractivity contribution in [1.29, 1.82) is 0 Å². The number of nitrogens with zero attached hydrogens (tertiary/aromatic N) is 2. The normalized spacial score (nSPS) is 15.2. The molecule has 2 aromatic carbocycles. The molecular formula is C20H25N3OS. The number of anilines is 2. The quantitative estimate of drug-likeness (QED) is 0.804. The van der Waals surface area contributed by atoms with Gasteiger partial charge in [-0.1, -0.05) is 37.3 Å². The summed E-state index contributed by atoms with van der Waals surface area (Å²) in [6.45, 7) is 7.45. The topological polar surface area (TPSA) is 35.6 Å². The van der Waals surface area contributed by atoms with Crippen LogP contribution in [0.1, 0.15) is 6.92 Å². The number of rotatable bonds is 6. The molecule has 1 aliphatic heterocycles. The van der Waals surface area contributed by atoms with Crippen molar-refractivity contribution in [2.45, 2.75) is 11.8 Å².